The minimum Gasteiger partial charge on any atom is -0.326 e. The van der Waals surface area contributed by atoms with Gasteiger partial charge < -0.3 is 5.73 Å². The number of rotatable bonds is 5. The van der Waals surface area contributed by atoms with Gasteiger partial charge in [-0.25, -0.2) is 13.1 Å². The molecule has 0 aliphatic carbocycles. The highest BCUT2D eigenvalue weighted by atomic mass is 79.9. The Hall–Kier alpha value is -1.21. The van der Waals surface area contributed by atoms with E-state index in [0.717, 1.165) is 15.6 Å². The third kappa shape index (κ3) is 4.14. The molecule has 112 valence electrons. The van der Waals surface area contributed by atoms with Crippen molar-refractivity contribution >= 4 is 26.0 Å². The first kappa shape index (κ1) is 16.2. The summed E-state index contributed by atoms with van der Waals surface area (Å²) in [7, 11) is -3.55. The first-order valence-corrected chi connectivity index (χ1v) is 8.74. The van der Waals surface area contributed by atoms with Gasteiger partial charge in [0.1, 0.15) is 0 Å². The average molecular weight is 369 g/mol. The summed E-state index contributed by atoms with van der Waals surface area (Å²) in [5, 5.41) is 0. The third-order valence-electron chi connectivity index (χ3n) is 3.16. The molecule has 3 N–H and O–H groups in total. The maximum absolute atomic E-state index is 12.4. The summed E-state index contributed by atoms with van der Waals surface area (Å²) < 4.78 is 28.4. The fraction of sp³-hybridized carbons (Fsp3) is 0.200. The molecule has 0 aromatic heterocycles. The van der Waals surface area contributed by atoms with Crippen molar-refractivity contribution in [2.45, 2.75) is 24.9 Å². The van der Waals surface area contributed by atoms with Crippen LogP contribution in [-0.4, -0.2) is 8.42 Å². The zero-order valence-electron chi connectivity index (χ0n) is 11.6. The number of aryl methyl sites for hydroxylation is 1. The monoisotopic (exact) mass is 368 g/mol. The lowest BCUT2D eigenvalue weighted by atomic mass is 10.1. The summed E-state index contributed by atoms with van der Waals surface area (Å²) in [6.45, 7) is 2.34. The molecule has 2 aromatic rings. The molecule has 4 nitrogen and oxygen atoms in total. The Morgan fingerprint density at radius 3 is 2.33 bits per heavy atom. The minimum absolute atomic E-state index is 0.252. The molecule has 0 aliphatic heterocycles. The topological polar surface area (TPSA) is 72.2 Å². The summed E-state index contributed by atoms with van der Waals surface area (Å²) >= 11 is 3.35. The SMILES string of the molecule is Cc1ccc(CN)cc1S(=O)(=O)NCc1ccc(Br)cc1. The van der Waals surface area contributed by atoms with Crippen molar-refractivity contribution in [2.24, 2.45) is 5.73 Å². The second-order valence-electron chi connectivity index (χ2n) is 4.75. The number of hydrogen-bond acceptors (Lipinski definition) is 3. The zero-order chi connectivity index (χ0) is 15.5. The Labute approximate surface area is 133 Å². The maximum atomic E-state index is 12.4. The number of benzene rings is 2. The van der Waals surface area contributed by atoms with Crippen LogP contribution in [0, 0.1) is 6.92 Å². The number of halogens is 1. The molecule has 0 heterocycles. The van der Waals surface area contributed by atoms with Gasteiger partial charge in [0.15, 0.2) is 0 Å². The lowest BCUT2D eigenvalue weighted by molar-refractivity contribution is 0.580. The number of nitrogens with two attached hydrogens (primary N) is 1. The first-order valence-electron chi connectivity index (χ1n) is 6.46. The fourth-order valence-corrected chi connectivity index (χ4v) is 3.49. The van der Waals surface area contributed by atoms with E-state index in [1.807, 2.05) is 30.3 Å². The molecule has 0 aliphatic rings. The van der Waals surface area contributed by atoms with Crippen LogP contribution in [0.5, 0.6) is 0 Å². The number of sulfonamides is 1. The van der Waals surface area contributed by atoms with E-state index in [0.29, 0.717) is 12.1 Å². The molecule has 0 fully saturated rings. The smallest absolute Gasteiger partial charge is 0.241 e. The van der Waals surface area contributed by atoms with E-state index in [-0.39, 0.29) is 11.4 Å². The van der Waals surface area contributed by atoms with Gasteiger partial charge >= 0.3 is 0 Å². The summed E-state index contributed by atoms with van der Waals surface area (Å²) in [6, 6.07) is 12.7. The predicted octanol–water partition coefficient (Wildman–Crippen LogP) is 2.69. The van der Waals surface area contributed by atoms with Crippen molar-refractivity contribution in [3.05, 3.63) is 63.6 Å². The lowest BCUT2D eigenvalue weighted by Gasteiger charge is -2.11. The number of nitrogens with one attached hydrogen (secondary N) is 1. The molecular formula is C15H17BrN2O2S. The van der Waals surface area contributed by atoms with Gasteiger partial charge in [0.2, 0.25) is 10.0 Å². The van der Waals surface area contributed by atoms with Crippen molar-refractivity contribution in [3.8, 4) is 0 Å². The van der Waals surface area contributed by atoms with Gasteiger partial charge in [0, 0.05) is 17.6 Å². The Balaban J connectivity index is 2.20. The normalized spacial score (nSPS) is 11.6. The Morgan fingerprint density at radius 1 is 1.10 bits per heavy atom. The van der Waals surface area contributed by atoms with E-state index >= 15 is 0 Å². The third-order valence-corrected chi connectivity index (χ3v) is 5.23. The van der Waals surface area contributed by atoms with Crippen LogP contribution in [0.15, 0.2) is 51.8 Å². The van der Waals surface area contributed by atoms with Crippen molar-refractivity contribution in [1.82, 2.24) is 4.72 Å². The van der Waals surface area contributed by atoms with Crippen molar-refractivity contribution in [1.29, 1.82) is 0 Å². The molecule has 0 radical (unpaired) electrons. The highest BCUT2D eigenvalue weighted by Gasteiger charge is 2.16. The molecule has 0 saturated carbocycles. The molecule has 2 aromatic carbocycles. The van der Waals surface area contributed by atoms with Gasteiger partial charge in [-0.15, -0.1) is 0 Å². The highest BCUT2D eigenvalue weighted by molar-refractivity contribution is 9.10. The summed E-state index contributed by atoms with van der Waals surface area (Å²) in [6.07, 6.45) is 0. The van der Waals surface area contributed by atoms with E-state index in [2.05, 4.69) is 20.7 Å². The van der Waals surface area contributed by atoms with Gasteiger partial charge in [-0.3, -0.25) is 0 Å². The van der Waals surface area contributed by atoms with Crippen LogP contribution < -0.4 is 10.5 Å². The predicted molar refractivity (Wildman–Crippen MR) is 87.2 cm³/mol. The maximum Gasteiger partial charge on any atom is 0.241 e. The molecule has 6 heteroatoms. The van der Waals surface area contributed by atoms with E-state index in [1.165, 1.54) is 0 Å². The number of hydrogen-bond donors (Lipinski definition) is 2. The Kier molecular flexibility index (Phi) is 5.16. The van der Waals surface area contributed by atoms with Crippen LogP contribution in [0.25, 0.3) is 0 Å². The molecule has 0 spiro atoms. The Morgan fingerprint density at radius 2 is 1.71 bits per heavy atom. The van der Waals surface area contributed by atoms with Crippen LogP contribution in [0.1, 0.15) is 16.7 Å². The highest BCUT2D eigenvalue weighted by Crippen LogP contribution is 2.17. The largest absolute Gasteiger partial charge is 0.326 e. The quantitative estimate of drug-likeness (QED) is 0.851. The lowest BCUT2D eigenvalue weighted by Crippen LogP contribution is -2.24. The van der Waals surface area contributed by atoms with Gasteiger partial charge in [-0.2, -0.15) is 0 Å². The van der Waals surface area contributed by atoms with E-state index in [1.54, 1.807) is 19.1 Å². The molecule has 21 heavy (non-hydrogen) atoms. The summed E-state index contributed by atoms with van der Waals surface area (Å²) in [4.78, 5) is 0.280. The molecule has 0 saturated heterocycles. The van der Waals surface area contributed by atoms with Crippen LogP contribution in [0.2, 0.25) is 0 Å². The standard InChI is InChI=1S/C15H17BrN2O2S/c1-11-2-3-13(9-17)8-15(11)21(19,20)18-10-12-4-6-14(16)7-5-12/h2-8,18H,9-10,17H2,1H3. The van der Waals surface area contributed by atoms with Gasteiger partial charge in [-0.1, -0.05) is 40.2 Å². The van der Waals surface area contributed by atoms with Crippen molar-refractivity contribution in [3.63, 3.8) is 0 Å². The minimum atomic E-state index is -3.55. The molecule has 0 atom stereocenters. The van der Waals surface area contributed by atoms with Crippen molar-refractivity contribution in [2.75, 3.05) is 0 Å². The Bertz CT molecular complexity index is 728. The van der Waals surface area contributed by atoms with Crippen LogP contribution in [0.4, 0.5) is 0 Å². The van der Waals surface area contributed by atoms with Crippen molar-refractivity contribution < 1.29 is 8.42 Å². The van der Waals surface area contributed by atoms with Crippen LogP contribution in [-0.2, 0) is 23.1 Å². The molecule has 0 unspecified atom stereocenters. The van der Waals surface area contributed by atoms with Crippen LogP contribution >= 0.6 is 15.9 Å². The zero-order valence-corrected chi connectivity index (χ0v) is 14.0. The van der Waals surface area contributed by atoms with Gasteiger partial charge in [-0.05, 0) is 41.8 Å². The summed E-state index contributed by atoms with van der Waals surface area (Å²) in [5.74, 6) is 0. The molecule has 0 bridgehead atoms. The molecule has 2 rings (SSSR count). The van der Waals surface area contributed by atoms with Gasteiger partial charge in [0.05, 0.1) is 4.90 Å². The van der Waals surface area contributed by atoms with E-state index in [9.17, 15) is 8.42 Å². The first-order chi connectivity index (χ1) is 9.92. The van der Waals surface area contributed by atoms with E-state index < -0.39 is 10.0 Å². The van der Waals surface area contributed by atoms with Gasteiger partial charge in [0.25, 0.3) is 0 Å². The second-order valence-corrected chi connectivity index (χ2v) is 7.41. The molecular weight excluding hydrogens is 352 g/mol. The summed E-state index contributed by atoms with van der Waals surface area (Å²) in [5.41, 5.74) is 7.97. The van der Waals surface area contributed by atoms with E-state index in [4.69, 9.17) is 5.73 Å². The second kappa shape index (κ2) is 6.70. The average Bonchev–Trinajstić information content (AvgIpc) is 2.47. The fourth-order valence-electron chi connectivity index (χ4n) is 1.92. The molecule has 0 amide bonds. The van der Waals surface area contributed by atoms with Crippen LogP contribution in [0.3, 0.4) is 0 Å².